The van der Waals surface area contributed by atoms with Crippen LogP contribution in [-0.2, 0) is 0 Å². The van der Waals surface area contributed by atoms with Gasteiger partial charge in [-0.2, -0.15) is 0 Å². The molecule has 0 amide bonds. The smallest absolute Gasteiger partial charge is 0.203 e. The van der Waals surface area contributed by atoms with Crippen LogP contribution < -0.4 is 5.73 Å². The minimum atomic E-state index is -0.640. The number of carbonyl (C=O) groups excluding carboxylic acids is 1. The molecule has 21 heavy (non-hydrogen) atoms. The first-order chi connectivity index (χ1) is 9.95. The van der Waals surface area contributed by atoms with Crippen LogP contribution in [0.5, 0.6) is 0 Å². The van der Waals surface area contributed by atoms with Gasteiger partial charge >= 0.3 is 0 Å². The van der Waals surface area contributed by atoms with Crippen LogP contribution in [0.15, 0.2) is 28.6 Å². The predicted octanol–water partition coefficient (Wildman–Crippen LogP) is 3.76. The van der Waals surface area contributed by atoms with Crippen LogP contribution in [-0.4, -0.2) is 26.1 Å². The molecular formula is C13H11Cl2N3OS2. The SMILES string of the molecule is Nc1nnc(SCC(=O)c2ccc(C3CC3(Cl)Cl)cc2)s1. The average molecular weight is 360 g/mol. The second-order valence-electron chi connectivity index (χ2n) is 4.76. The lowest BCUT2D eigenvalue weighted by Crippen LogP contribution is -2.02. The van der Waals surface area contributed by atoms with E-state index in [4.69, 9.17) is 28.9 Å². The summed E-state index contributed by atoms with van der Waals surface area (Å²) in [5, 5.41) is 7.98. The zero-order valence-electron chi connectivity index (χ0n) is 10.8. The average Bonchev–Trinajstić information content (AvgIpc) is 2.90. The van der Waals surface area contributed by atoms with E-state index in [0.717, 1.165) is 12.0 Å². The number of aromatic nitrogens is 2. The summed E-state index contributed by atoms with van der Waals surface area (Å²) in [5.74, 6) is 0.523. The third-order valence-corrected chi connectivity index (χ3v) is 5.93. The summed E-state index contributed by atoms with van der Waals surface area (Å²) in [7, 11) is 0. The Kier molecular flexibility index (Phi) is 4.14. The van der Waals surface area contributed by atoms with Gasteiger partial charge in [0.15, 0.2) is 10.1 Å². The van der Waals surface area contributed by atoms with E-state index in [1.165, 1.54) is 23.1 Å². The number of nitrogen functional groups attached to an aromatic ring is 1. The number of hydrogen-bond acceptors (Lipinski definition) is 6. The number of nitrogens with zero attached hydrogens (tertiary/aromatic N) is 2. The lowest BCUT2D eigenvalue weighted by molar-refractivity contribution is 0.102. The molecule has 2 aromatic rings. The third-order valence-electron chi connectivity index (χ3n) is 3.21. The first kappa shape index (κ1) is 15.1. The van der Waals surface area contributed by atoms with Crippen molar-refractivity contribution in [3.05, 3.63) is 35.4 Å². The maximum atomic E-state index is 12.1. The van der Waals surface area contributed by atoms with Crippen molar-refractivity contribution < 1.29 is 4.79 Å². The number of thioether (sulfide) groups is 1. The van der Waals surface area contributed by atoms with Crippen LogP contribution >= 0.6 is 46.3 Å². The van der Waals surface area contributed by atoms with Crippen molar-refractivity contribution in [2.24, 2.45) is 0 Å². The Labute approximate surface area is 140 Å². The van der Waals surface area contributed by atoms with Crippen LogP contribution in [0.4, 0.5) is 5.13 Å². The number of alkyl halides is 2. The number of hydrogen-bond donors (Lipinski definition) is 1. The molecular weight excluding hydrogens is 349 g/mol. The first-order valence-corrected chi connectivity index (χ1v) is 8.74. The lowest BCUT2D eigenvalue weighted by Gasteiger charge is -2.03. The fraction of sp³-hybridized carbons (Fsp3) is 0.308. The van der Waals surface area contributed by atoms with E-state index in [1.54, 1.807) is 0 Å². The second kappa shape index (κ2) is 5.76. The predicted molar refractivity (Wildman–Crippen MR) is 87.6 cm³/mol. The molecule has 4 nitrogen and oxygen atoms in total. The molecule has 1 heterocycles. The molecule has 110 valence electrons. The Bertz CT molecular complexity index is 672. The van der Waals surface area contributed by atoms with Crippen LogP contribution in [0.1, 0.15) is 28.3 Å². The summed E-state index contributed by atoms with van der Waals surface area (Å²) >= 11 is 14.7. The van der Waals surface area contributed by atoms with Gasteiger partial charge in [-0.25, -0.2) is 0 Å². The summed E-state index contributed by atoms with van der Waals surface area (Å²) in [6, 6.07) is 7.46. The minimum Gasteiger partial charge on any atom is -0.374 e. The quantitative estimate of drug-likeness (QED) is 0.500. The van der Waals surface area contributed by atoms with Gasteiger partial charge in [0.1, 0.15) is 4.33 Å². The summed E-state index contributed by atoms with van der Waals surface area (Å²) in [5.41, 5.74) is 7.23. The molecule has 2 N–H and O–H groups in total. The van der Waals surface area contributed by atoms with Gasteiger partial charge in [-0.1, -0.05) is 47.4 Å². The van der Waals surface area contributed by atoms with Gasteiger partial charge in [-0.3, -0.25) is 4.79 Å². The van der Waals surface area contributed by atoms with Gasteiger partial charge < -0.3 is 5.73 Å². The van der Waals surface area contributed by atoms with Gasteiger partial charge in [0.2, 0.25) is 5.13 Å². The number of anilines is 1. The van der Waals surface area contributed by atoms with E-state index >= 15 is 0 Å². The normalized spacial score (nSPS) is 19.4. The summed E-state index contributed by atoms with van der Waals surface area (Å²) < 4.78 is 0.0589. The summed E-state index contributed by atoms with van der Waals surface area (Å²) in [6.07, 6.45) is 0.762. The largest absolute Gasteiger partial charge is 0.374 e. The number of nitrogens with two attached hydrogens (primary N) is 1. The molecule has 0 spiro atoms. The van der Waals surface area contributed by atoms with E-state index < -0.39 is 4.33 Å². The minimum absolute atomic E-state index is 0.0409. The molecule has 0 aliphatic heterocycles. The number of rotatable bonds is 5. The number of ketones is 1. The van der Waals surface area contributed by atoms with Crippen molar-refractivity contribution in [2.45, 2.75) is 21.0 Å². The van der Waals surface area contributed by atoms with E-state index in [9.17, 15) is 4.79 Å². The van der Waals surface area contributed by atoms with Crippen molar-refractivity contribution in [1.82, 2.24) is 10.2 Å². The van der Waals surface area contributed by atoms with Gasteiger partial charge in [0.25, 0.3) is 0 Å². The maximum absolute atomic E-state index is 12.1. The zero-order chi connectivity index (χ0) is 15.0. The Morgan fingerprint density at radius 3 is 2.57 bits per heavy atom. The molecule has 8 heteroatoms. The number of carbonyl (C=O) groups is 1. The zero-order valence-corrected chi connectivity index (χ0v) is 13.9. The molecule has 0 bridgehead atoms. The highest BCUT2D eigenvalue weighted by molar-refractivity contribution is 8.01. The Balaban J connectivity index is 1.60. The highest BCUT2D eigenvalue weighted by Gasteiger charge is 2.52. The molecule has 1 atom stereocenters. The Hall–Kier alpha value is -0.820. The lowest BCUT2D eigenvalue weighted by atomic mass is 10.1. The highest BCUT2D eigenvalue weighted by Crippen LogP contribution is 2.59. The highest BCUT2D eigenvalue weighted by atomic mass is 35.5. The maximum Gasteiger partial charge on any atom is 0.203 e. The van der Waals surface area contributed by atoms with Crippen molar-refractivity contribution in [3.8, 4) is 0 Å². The Morgan fingerprint density at radius 2 is 2.05 bits per heavy atom. The molecule has 1 aromatic carbocycles. The molecule has 1 saturated carbocycles. The van der Waals surface area contributed by atoms with Gasteiger partial charge in [0, 0.05) is 11.5 Å². The van der Waals surface area contributed by atoms with E-state index in [1.807, 2.05) is 24.3 Å². The molecule has 1 fully saturated rings. The molecule has 1 aliphatic carbocycles. The van der Waals surface area contributed by atoms with Crippen molar-refractivity contribution >= 4 is 57.2 Å². The van der Waals surface area contributed by atoms with Gasteiger partial charge in [0.05, 0.1) is 5.75 Å². The van der Waals surface area contributed by atoms with Crippen LogP contribution in [0.3, 0.4) is 0 Å². The topological polar surface area (TPSA) is 68.9 Å². The summed E-state index contributed by atoms with van der Waals surface area (Å²) in [6.45, 7) is 0. The fourth-order valence-corrected chi connectivity index (χ4v) is 4.06. The number of halogens is 2. The summed E-state index contributed by atoms with van der Waals surface area (Å²) in [4.78, 5) is 12.1. The second-order valence-corrected chi connectivity index (χ2v) is 8.53. The van der Waals surface area contributed by atoms with E-state index in [-0.39, 0.29) is 11.7 Å². The Morgan fingerprint density at radius 1 is 1.38 bits per heavy atom. The number of Topliss-reactive ketones (excluding diaryl/α,β-unsaturated/α-hetero) is 1. The molecule has 1 aliphatic rings. The molecule has 3 rings (SSSR count). The molecule has 0 radical (unpaired) electrons. The standard InChI is InChI=1S/C13H11Cl2N3OS2/c14-13(15)5-9(13)7-1-3-8(4-2-7)10(19)6-20-12-18-17-11(16)21-12/h1-4,9H,5-6H2,(H2,16,17). The van der Waals surface area contributed by atoms with Gasteiger partial charge in [-0.05, 0) is 12.0 Å². The third kappa shape index (κ3) is 3.51. The van der Waals surface area contributed by atoms with Crippen LogP contribution in [0, 0.1) is 0 Å². The van der Waals surface area contributed by atoms with E-state index in [2.05, 4.69) is 10.2 Å². The van der Waals surface area contributed by atoms with E-state index in [0.29, 0.717) is 20.8 Å². The van der Waals surface area contributed by atoms with Crippen LogP contribution in [0.25, 0.3) is 0 Å². The fourth-order valence-electron chi connectivity index (χ4n) is 1.97. The van der Waals surface area contributed by atoms with Gasteiger partial charge in [-0.15, -0.1) is 33.4 Å². The molecule has 1 aromatic heterocycles. The van der Waals surface area contributed by atoms with Crippen molar-refractivity contribution in [1.29, 1.82) is 0 Å². The molecule has 1 unspecified atom stereocenters. The first-order valence-electron chi connectivity index (χ1n) is 6.18. The monoisotopic (exact) mass is 359 g/mol. The van der Waals surface area contributed by atoms with Crippen LogP contribution in [0.2, 0.25) is 0 Å². The van der Waals surface area contributed by atoms with Crippen molar-refractivity contribution in [2.75, 3.05) is 11.5 Å². The molecule has 0 saturated heterocycles. The number of benzene rings is 1. The van der Waals surface area contributed by atoms with Crippen molar-refractivity contribution in [3.63, 3.8) is 0 Å².